The normalized spacial score (nSPS) is 19.6. The van der Waals surface area contributed by atoms with Crippen LogP contribution in [0.2, 0.25) is 0 Å². The molecule has 0 spiro atoms. The van der Waals surface area contributed by atoms with Crippen LogP contribution in [-0.4, -0.2) is 34.8 Å². The summed E-state index contributed by atoms with van der Waals surface area (Å²) in [6.45, 7) is 3.15. The molecule has 6 heteroatoms. The van der Waals surface area contributed by atoms with Crippen LogP contribution in [0.15, 0.2) is 11.6 Å². The van der Waals surface area contributed by atoms with Crippen LogP contribution in [0, 0.1) is 5.92 Å². The fourth-order valence-electron chi connectivity index (χ4n) is 2.13. The lowest BCUT2D eigenvalue weighted by Crippen LogP contribution is -2.43. The maximum atomic E-state index is 12.0. The highest BCUT2D eigenvalue weighted by molar-refractivity contribution is 7.13. The second-order valence-corrected chi connectivity index (χ2v) is 5.25. The number of aromatic nitrogens is 1. The average Bonchev–Trinajstić information content (AvgIpc) is 2.90. The first-order chi connectivity index (χ1) is 8.70. The average molecular weight is 267 g/mol. The van der Waals surface area contributed by atoms with Crippen molar-refractivity contribution in [3.05, 3.63) is 11.6 Å². The van der Waals surface area contributed by atoms with Crippen LogP contribution in [0.1, 0.15) is 26.2 Å². The van der Waals surface area contributed by atoms with E-state index in [9.17, 15) is 9.59 Å². The van der Waals surface area contributed by atoms with Crippen LogP contribution in [0.5, 0.6) is 0 Å². The van der Waals surface area contributed by atoms with Gasteiger partial charge < -0.3 is 10.2 Å². The molecular formula is C12H17N3O2S. The summed E-state index contributed by atoms with van der Waals surface area (Å²) in [5.74, 6) is -0.0153. The number of rotatable bonds is 3. The molecule has 0 bridgehead atoms. The van der Waals surface area contributed by atoms with Gasteiger partial charge in [0, 0.05) is 31.1 Å². The van der Waals surface area contributed by atoms with Gasteiger partial charge in [-0.1, -0.05) is 6.92 Å². The number of carbonyl (C=O) groups is 2. The predicted octanol–water partition coefficient (Wildman–Crippen LogP) is 1.73. The van der Waals surface area contributed by atoms with Gasteiger partial charge in [0.25, 0.3) is 0 Å². The Bertz CT molecular complexity index is 419. The molecule has 0 unspecified atom stereocenters. The molecule has 98 valence electrons. The Hall–Kier alpha value is -1.43. The molecule has 0 aromatic carbocycles. The molecule has 0 saturated carbocycles. The molecule has 1 aromatic rings. The fraction of sp³-hybridized carbons (Fsp3) is 0.583. The molecule has 1 aliphatic rings. The maximum Gasteiger partial charge on any atom is 0.231 e. The van der Waals surface area contributed by atoms with Crippen LogP contribution in [0.4, 0.5) is 5.13 Å². The molecule has 1 N–H and O–H groups in total. The van der Waals surface area contributed by atoms with Crippen molar-refractivity contribution in [3.8, 4) is 0 Å². The lowest BCUT2D eigenvalue weighted by Gasteiger charge is -2.31. The summed E-state index contributed by atoms with van der Waals surface area (Å²) in [7, 11) is 0. The summed E-state index contributed by atoms with van der Waals surface area (Å²) in [5, 5.41) is 5.25. The van der Waals surface area contributed by atoms with Gasteiger partial charge in [-0.2, -0.15) is 0 Å². The Morgan fingerprint density at radius 1 is 1.61 bits per heavy atom. The molecule has 5 nitrogen and oxygen atoms in total. The molecule has 18 heavy (non-hydrogen) atoms. The molecule has 1 fully saturated rings. The predicted molar refractivity (Wildman–Crippen MR) is 70.3 cm³/mol. The second-order valence-electron chi connectivity index (χ2n) is 4.36. The van der Waals surface area contributed by atoms with Crippen LogP contribution in [0.25, 0.3) is 0 Å². The van der Waals surface area contributed by atoms with Crippen molar-refractivity contribution in [1.29, 1.82) is 0 Å². The van der Waals surface area contributed by atoms with Crippen LogP contribution in [0.3, 0.4) is 0 Å². The summed E-state index contributed by atoms with van der Waals surface area (Å²) < 4.78 is 0. The number of hydrogen-bond donors (Lipinski definition) is 1. The van der Waals surface area contributed by atoms with Crippen molar-refractivity contribution in [2.45, 2.75) is 26.2 Å². The highest BCUT2D eigenvalue weighted by Crippen LogP contribution is 2.20. The molecule has 2 rings (SSSR count). The van der Waals surface area contributed by atoms with E-state index in [1.807, 2.05) is 12.3 Å². The minimum atomic E-state index is -0.113. The first-order valence-electron chi connectivity index (χ1n) is 6.19. The number of nitrogens with one attached hydrogen (secondary N) is 1. The van der Waals surface area contributed by atoms with E-state index in [-0.39, 0.29) is 17.7 Å². The van der Waals surface area contributed by atoms with Gasteiger partial charge in [-0.05, 0) is 12.8 Å². The van der Waals surface area contributed by atoms with E-state index in [4.69, 9.17) is 0 Å². The molecule has 2 heterocycles. The third-order valence-corrected chi connectivity index (χ3v) is 3.80. The summed E-state index contributed by atoms with van der Waals surface area (Å²) in [6.07, 6.45) is 3.89. The van der Waals surface area contributed by atoms with Gasteiger partial charge in [0.1, 0.15) is 0 Å². The summed E-state index contributed by atoms with van der Waals surface area (Å²) >= 11 is 1.40. The lowest BCUT2D eigenvalue weighted by atomic mass is 9.97. The summed E-state index contributed by atoms with van der Waals surface area (Å²) in [6, 6.07) is 0. The molecule has 1 aromatic heterocycles. The first kappa shape index (κ1) is 13.0. The number of likely N-dealkylation sites (tertiary alicyclic amines) is 1. The van der Waals surface area contributed by atoms with Crippen molar-refractivity contribution in [3.63, 3.8) is 0 Å². The van der Waals surface area contributed by atoms with Crippen LogP contribution in [-0.2, 0) is 9.59 Å². The van der Waals surface area contributed by atoms with Crippen LogP contribution < -0.4 is 5.32 Å². The largest absolute Gasteiger partial charge is 0.342 e. The highest BCUT2D eigenvalue weighted by atomic mass is 32.1. The summed E-state index contributed by atoms with van der Waals surface area (Å²) in [5.41, 5.74) is 0. The van der Waals surface area contributed by atoms with E-state index in [1.54, 1.807) is 11.1 Å². The molecule has 0 radical (unpaired) electrons. The number of hydrogen-bond acceptors (Lipinski definition) is 4. The molecule has 1 saturated heterocycles. The van der Waals surface area contributed by atoms with Crippen molar-refractivity contribution in [2.24, 2.45) is 5.92 Å². The Labute approximate surface area is 110 Å². The monoisotopic (exact) mass is 267 g/mol. The van der Waals surface area contributed by atoms with Crippen molar-refractivity contribution < 1.29 is 9.59 Å². The smallest absolute Gasteiger partial charge is 0.231 e. The van der Waals surface area contributed by atoms with Crippen molar-refractivity contribution in [1.82, 2.24) is 9.88 Å². The SMILES string of the molecule is CCC(=O)N1CCC[C@@H](C(=O)Nc2nccs2)C1. The lowest BCUT2D eigenvalue weighted by molar-refractivity contribution is -0.134. The van der Waals surface area contributed by atoms with E-state index in [2.05, 4.69) is 10.3 Å². The Morgan fingerprint density at radius 2 is 2.44 bits per heavy atom. The van der Waals surface area contributed by atoms with Gasteiger partial charge in [-0.15, -0.1) is 11.3 Å². The Kier molecular flexibility index (Phi) is 4.30. The topological polar surface area (TPSA) is 62.3 Å². The molecular weight excluding hydrogens is 250 g/mol. The number of anilines is 1. The molecule has 2 amide bonds. The second kappa shape index (κ2) is 5.95. The van der Waals surface area contributed by atoms with E-state index >= 15 is 0 Å². The third kappa shape index (κ3) is 3.07. The van der Waals surface area contributed by atoms with E-state index in [1.165, 1.54) is 11.3 Å². The number of amides is 2. The zero-order valence-electron chi connectivity index (χ0n) is 10.4. The number of thiazole rings is 1. The third-order valence-electron chi connectivity index (χ3n) is 3.11. The number of piperidine rings is 1. The summed E-state index contributed by atoms with van der Waals surface area (Å²) in [4.78, 5) is 29.5. The minimum Gasteiger partial charge on any atom is -0.342 e. The van der Waals surface area contributed by atoms with E-state index in [0.29, 0.717) is 18.1 Å². The first-order valence-corrected chi connectivity index (χ1v) is 7.06. The van der Waals surface area contributed by atoms with Gasteiger partial charge in [0.05, 0.1) is 5.92 Å². The minimum absolute atomic E-state index is 0.0291. The van der Waals surface area contributed by atoms with Crippen LogP contribution >= 0.6 is 11.3 Å². The number of nitrogens with zero attached hydrogens (tertiary/aromatic N) is 2. The molecule has 1 atom stereocenters. The van der Waals surface area contributed by atoms with Crippen molar-refractivity contribution >= 4 is 28.3 Å². The van der Waals surface area contributed by atoms with Gasteiger partial charge in [-0.3, -0.25) is 9.59 Å². The molecule has 1 aliphatic heterocycles. The molecule has 0 aliphatic carbocycles. The van der Waals surface area contributed by atoms with E-state index in [0.717, 1.165) is 19.4 Å². The van der Waals surface area contributed by atoms with Gasteiger partial charge >= 0.3 is 0 Å². The Balaban J connectivity index is 1.92. The number of carbonyl (C=O) groups excluding carboxylic acids is 2. The zero-order valence-corrected chi connectivity index (χ0v) is 11.2. The quantitative estimate of drug-likeness (QED) is 0.907. The highest BCUT2D eigenvalue weighted by Gasteiger charge is 2.27. The van der Waals surface area contributed by atoms with Crippen molar-refractivity contribution in [2.75, 3.05) is 18.4 Å². The van der Waals surface area contributed by atoms with E-state index < -0.39 is 0 Å². The van der Waals surface area contributed by atoms with Gasteiger partial charge in [0.2, 0.25) is 11.8 Å². The zero-order chi connectivity index (χ0) is 13.0. The fourth-order valence-corrected chi connectivity index (χ4v) is 2.67. The Morgan fingerprint density at radius 3 is 3.11 bits per heavy atom. The maximum absolute atomic E-state index is 12.0. The standard InChI is InChI=1S/C12H17N3O2S/c1-2-10(16)15-6-3-4-9(8-15)11(17)14-12-13-5-7-18-12/h5,7,9H,2-4,6,8H2,1H3,(H,13,14,17)/t9-/m1/s1. The van der Waals surface area contributed by atoms with Gasteiger partial charge in [-0.25, -0.2) is 4.98 Å². The van der Waals surface area contributed by atoms with Gasteiger partial charge in [0.15, 0.2) is 5.13 Å².